The maximum atomic E-state index is 14.5. The first kappa shape index (κ1) is 42.2. The standard InChI is InChI=1S/C47H47N3O8S/c1-30(47(56)57)48-44(53)36-23-32-16-20-39(21-17-32)58-29-38(51)26-37(27-40-13-8-22-59-40)45(54)50-42(25-33-14-18-35(19-15-33)34-11-6-3-7-12-34)46(55)49-41(43(52)28-36)24-31-9-4-2-5-10-31/h2-22,30,36-37,41-42H,23-29H2,1H3,(H,48,53)(H,49,55)(H,50,54)(H,56,57)/t30-,36+,37-,41-,42+/m0/s1. The van der Waals surface area contributed by atoms with Crippen LogP contribution in [0.1, 0.15) is 41.3 Å². The third kappa shape index (κ3) is 12.3. The van der Waals surface area contributed by atoms with Gasteiger partial charge in [-0.1, -0.05) is 103 Å². The molecule has 0 unspecified atom stereocenters. The van der Waals surface area contributed by atoms with E-state index in [2.05, 4.69) is 16.0 Å². The van der Waals surface area contributed by atoms with Gasteiger partial charge < -0.3 is 25.8 Å². The second-order valence-electron chi connectivity index (χ2n) is 14.9. The molecule has 5 aromatic rings. The fourth-order valence-corrected chi connectivity index (χ4v) is 7.82. The molecule has 3 heterocycles. The Morgan fingerprint density at radius 2 is 1.34 bits per heavy atom. The molecule has 2 bridgehead atoms. The van der Waals surface area contributed by atoms with Crippen LogP contribution in [0.5, 0.6) is 5.75 Å². The summed E-state index contributed by atoms with van der Waals surface area (Å²) in [4.78, 5) is 82.8. The van der Waals surface area contributed by atoms with Crippen molar-refractivity contribution in [1.82, 2.24) is 16.0 Å². The molecule has 0 radical (unpaired) electrons. The van der Waals surface area contributed by atoms with Gasteiger partial charge in [-0.05, 0) is 77.6 Å². The number of carboxylic acid groups (broad SMARTS) is 1. The molecule has 3 amide bonds. The molecular weight excluding hydrogens is 767 g/mol. The number of thiophene rings is 1. The molecule has 0 saturated carbocycles. The van der Waals surface area contributed by atoms with E-state index in [0.29, 0.717) is 11.3 Å². The monoisotopic (exact) mass is 813 g/mol. The largest absolute Gasteiger partial charge is 0.486 e. The average molecular weight is 814 g/mol. The number of carbonyl (C=O) groups excluding carboxylic acids is 5. The van der Waals surface area contributed by atoms with Gasteiger partial charge in [-0.3, -0.25) is 28.8 Å². The van der Waals surface area contributed by atoms with Gasteiger partial charge >= 0.3 is 5.97 Å². The molecule has 2 aliphatic rings. The van der Waals surface area contributed by atoms with Crippen molar-refractivity contribution < 1.29 is 38.6 Å². The molecule has 4 N–H and O–H groups in total. The minimum Gasteiger partial charge on any atom is -0.486 e. The summed E-state index contributed by atoms with van der Waals surface area (Å²) in [5.41, 5.74) is 4.17. The third-order valence-corrected chi connectivity index (χ3v) is 11.2. The zero-order valence-electron chi connectivity index (χ0n) is 32.7. The Balaban J connectivity index is 1.36. The highest BCUT2D eigenvalue weighted by Gasteiger charge is 2.33. The molecular formula is C47H47N3O8S. The van der Waals surface area contributed by atoms with E-state index in [4.69, 9.17) is 4.74 Å². The molecule has 0 spiro atoms. The average Bonchev–Trinajstić information content (AvgIpc) is 3.76. The fraction of sp³-hybridized carbons (Fsp3) is 0.277. The number of hydrogen-bond acceptors (Lipinski definition) is 8. The molecule has 0 fully saturated rings. The van der Waals surface area contributed by atoms with E-state index >= 15 is 0 Å². The van der Waals surface area contributed by atoms with E-state index < -0.39 is 59.4 Å². The van der Waals surface area contributed by atoms with Crippen LogP contribution in [-0.2, 0) is 54.5 Å². The number of amides is 3. The van der Waals surface area contributed by atoms with Crippen molar-refractivity contribution in [3.8, 4) is 16.9 Å². The Morgan fingerprint density at radius 1 is 0.712 bits per heavy atom. The van der Waals surface area contributed by atoms with Crippen molar-refractivity contribution in [2.75, 3.05) is 6.61 Å². The van der Waals surface area contributed by atoms with E-state index in [1.165, 1.54) is 18.3 Å². The number of hydrogen-bond donors (Lipinski definition) is 4. The number of benzene rings is 4. The number of carboxylic acids is 1. The molecule has 304 valence electrons. The lowest BCUT2D eigenvalue weighted by Crippen LogP contribution is -2.54. The fourth-order valence-electron chi connectivity index (χ4n) is 7.03. The van der Waals surface area contributed by atoms with Crippen molar-refractivity contribution >= 4 is 46.6 Å². The van der Waals surface area contributed by atoms with Gasteiger partial charge in [0.15, 0.2) is 11.6 Å². The number of carbonyl (C=O) groups is 6. The Bertz CT molecular complexity index is 2210. The van der Waals surface area contributed by atoms with Crippen LogP contribution in [-0.4, -0.2) is 65.1 Å². The summed E-state index contributed by atoms with van der Waals surface area (Å²) in [7, 11) is 0. The predicted octanol–water partition coefficient (Wildman–Crippen LogP) is 5.79. The van der Waals surface area contributed by atoms with Crippen LogP contribution in [0.25, 0.3) is 11.1 Å². The van der Waals surface area contributed by atoms with Crippen molar-refractivity contribution in [1.29, 1.82) is 0 Å². The van der Waals surface area contributed by atoms with Crippen LogP contribution in [0.15, 0.2) is 127 Å². The van der Waals surface area contributed by atoms with E-state index in [1.54, 1.807) is 24.3 Å². The summed E-state index contributed by atoms with van der Waals surface area (Å²) < 4.78 is 5.81. The molecule has 0 aliphatic carbocycles. The number of fused-ring (bicyclic) bond motifs is 16. The van der Waals surface area contributed by atoms with Gasteiger partial charge in [0.1, 0.15) is 24.4 Å². The number of ether oxygens (including phenoxy) is 1. The molecule has 12 heteroatoms. The summed E-state index contributed by atoms with van der Waals surface area (Å²) in [6.45, 7) is 1.05. The summed E-state index contributed by atoms with van der Waals surface area (Å²) in [5.74, 6) is -5.14. The quantitative estimate of drug-likeness (QED) is 0.138. The second kappa shape index (κ2) is 20.3. The minimum atomic E-state index is -1.23. The van der Waals surface area contributed by atoms with Crippen LogP contribution in [0.2, 0.25) is 0 Å². The summed E-state index contributed by atoms with van der Waals surface area (Å²) >= 11 is 1.47. The van der Waals surface area contributed by atoms with E-state index in [9.17, 15) is 33.9 Å². The number of Topliss-reactive ketones (excluding diaryl/α,β-unsaturated/α-hetero) is 2. The summed E-state index contributed by atoms with van der Waals surface area (Å²) in [6, 6.07) is 33.6. The zero-order chi connectivity index (χ0) is 41.7. The highest BCUT2D eigenvalue weighted by molar-refractivity contribution is 7.09. The molecule has 59 heavy (non-hydrogen) atoms. The van der Waals surface area contributed by atoms with Crippen LogP contribution in [0.4, 0.5) is 0 Å². The van der Waals surface area contributed by atoms with Crippen LogP contribution in [0, 0.1) is 11.8 Å². The molecule has 0 saturated heterocycles. The highest BCUT2D eigenvalue weighted by atomic mass is 32.1. The Hall–Kier alpha value is -6.40. The highest BCUT2D eigenvalue weighted by Crippen LogP contribution is 2.23. The first-order valence-electron chi connectivity index (χ1n) is 19.6. The van der Waals surface area contributed by atoms with Crippen molar-refractivity contribution in [2.24, 2.45) is 11.8 Å². The van der Waals surface area contributed by atoms with Gasteiger partial charge in [0.25, 0.3) is 0 Å². The van der Waals surface area contributed by atoms with Crippen molar-refractivity contribution in [3.63, 3.8) is 0 Å². The van der Waals surface area contributed by atoms with E-state index in [-0.39, 0.29) is 50.9 Å². The van der Waals surface area contributed by atoms with Gasteiger partial charge in [-0.2, -0.15) is 0 Å². The SMILES string of the molecule is C[C@H](NC(=O)[C@H]1CC(=O)[C@H](Cc2ccccc2)NC(=O)[C@@H](Cc2ccc(-c3ccccc3)cc2)NC(=O)[C@H](Cc2cccs2)CC(=O)COc2ccc(cc2)C1)C(=O)O. The number of rotatable bonds is 10. The molecule has 11 nitrogen and oxygen atoms in total. The minimum absolute atomic E-state index is 0.0771. The third-order valence-electron chi connectivity index (χ3n) is 10.3. The lowest BCUT2D eigenvalue weighted by atomic mass is 9.89. The predicted molar refractivity (Wildman–Crippen MR) is 225 cm³/mol. The zero-order valence-corrected chi connectivity index (χ0v) is 33.5. The molecule has 7 rings (SSSR count). The van der Waals surface area contributed by atoms with Gasteiger partial charge in [0.2, 0.25) is 17.7 Å². The molecule has 2 aliphatic heterocycles. The Morgan fingerprint density at radius 3 is 2.00 bits per heavy atom. The van der Waals surface area contributed by atoms with E-state index in [0.717, 1.165) is 27.1 Å². The van der Waals surface area contributed by atoms with Gasteiger partial charge in [0, 0.05) is 36.0 Å². The maximum absolute atomic E-state index is 14.5. The molecule has 1 aromatic heterocycles. The van der Waals surface area contributed by atoms with Crippen molar-refractivity contribution in [2.45, 2.75) is 63.6 Å². The smallest absolute Gasteiger partial charge is 0.325 e. The van der Waals surface area contributed by atoms with Crippen LogP contribution < -0.4 is 20.7 Å². The van der Waals surface area contributed by atoms with Gasteiger partial charge in [0.05, 0.1) is 6.04 Å². The summed E-state index contributed by atoms with van der Waals surface area (Å²) in [6.07, 6.45) is 0.0689. The Kier molecular flexibility index (Phi) is 14.6. The first-order chi connectivity index (χ1) is 28.5. The number of aliphatic carboxylic acids is 1. The van der Waals surface area contributed by atoms with Gasteiger partial charge in [-0.25, -0.2) is 0 Å². The second-order valence-corrected chi connectivity index (χ2v) is 15.9. The molecule has 5 atom stereocenters. The molecule has 4 aromatic carbocycles. The lowest BCUT2D eigenvalue weighted by Gasteiger charge is -2.26. The lowest BCUT2D eigenvalue weighted by molar-refractivity contribution is -0.142. The number of nitrogens with one attached hydrogen (secondary N) is 3. The first-order valence-corrected chi connectivity index (χ1v) is 20.5. The number of ketones is 2. The maximum Gasteiger partial charge on any atom is 0.325 e. The summed E-state index contributed by atoms with van der Waals surface area (Å²) in [5, 5.41) is 19.8. The van der Waals surface area contributed by atoms with Gasteiger partial charge in [-0.15, -0.1) is 11.3 Å². The van der Waals surface area contributed by atoms with Crippen LogP contribution >= 0.6 is 11.3 Å². The topological polar surface area (TPSA) is 168 Å². The normalized spacial score (nSPS) is 19.9. The van der Waals surface area contributed by atoms with Crippen molar-refractivity contribution in [3.05, 3.63) is 148 Å². The Labute approximate surface area is 347 Å². The van der Waals surface area contributed by atoms with Crippen LogP contribution in [0.3, 0.4) is 0 Å². The van der Waals surface area contributed by atoms with E-state index in [1.807, 2.05) is 102 Å².